The molecule has 5 nitrogen and oxygen atoms in total. The molecular formula is C12H28IN3O2S. The molecule has 19 heavy (non-hydrogen) atoms. The fourth-order valence-electron chi connectivity index (χ4n) is 1.51. The van der Waals surface area contributed by atoms with Gasteiger partial charge in [-0.15, -0.1) is 24.0 Å². The topological polar surface area (TPSA) is 84.5 Å². The number of halogens is 1. The van der Waals surface area contributed by atoms with Crippen LogP contribution in [0.3, 0.4) is 0 Å². The fraction of sp³-hybridized carbons (Fsp3) is 0.917. The molecule has 0 spiro atoms. The molecule has 0 rings (SSSR count). The van der Waals surface area contributed by atoms with Crippen LogP contribution in [0.5, 0.6) is 0 Å². The Morgan fingerprint density at radius 1 is 1.16 bits per heavy atom. The molecule has 0 saturated carbocycles. The van der Waals surface area contributed by atoms with E-state index in [9.17, 15) is 8.42 Å². The van der Waals surface area contributed by atoms with Crippen LogP contribution in [0.2, 0.25) is 0 Å². The number of aliphatic imine (C=N–C) groups is 1. The number of guanidine groups is 1. The van der Waals surface area contributed by atoms with Gasteiger partial charge in [-0.2, -0.15) is 0 Å². The largest absolute Gasteiger partial charge is 0.370 e. The van der Waals surface area contributed by atoms with Gasteiger partial charge in [0.05, 0.1) is 5.75 Å². The first kappa shape index (κ1) is 21.3. The standard InChI is InChI=1S/C12H27N3O2S.HI/c1-3-4-5-6-7-8-9-14-12(13)15-10-11-18(2,16)17;/h3-11H2,1-2H3,(H3,13,14,15);1H. The minimum Gasteiger partial charge on any atom is -0.370 e. The summed E-state index contributed by atoms with van der Waals surface area (Å²) in [5.41, 5.74) is 5.61. The van der Waals surface area contributed by atoms with Crippen molar-refractivity contribution in [3.8, 4) is 0 Å². The van der Waals surface area contributed by atoms with Crippen molar-refractivity contribution in [2.75, 3.05) is 25.1 Å². The molecule has 0 fully saturated rings. The third kappa shape index (κ3) is 17.9. The zero-order chi connectivity index (χ0) is 13.9. The maximum absolute atomic E-state index is 10.9. The van der Waals surface area contributed by atoms with E-state index >= 15 is 0 Å². The molecule has 0 unspecified atom stereocenters. The Kier molecular flexibility index (Phi) is 14.5. The highest BCUT2D eigenvalue weighted by Crippen LogP contribution is 2.04. The Morgan fingerprint density at radius 3 is 2.32 bits per heavy atom. The van der Waals surface area contributed by atoms with E-state index in [-0.39, 0.29) is 29.7 Å². The summed E-state index contributed by atoms with van der Waals surface area (Å²) in [6.07, 6.45) is 8.54. The maximum Gasteiger partial charge on any atom is 0.188 e. The van der Waals surface area contributed by atoms with E-state index in [1.54, 1.807) is 0 Å². The van der Waals surface area contributed by atoms with Crippen LogP contribution in [-0.2, 0) is 9.84 Å². The van der Waals surface area contributed by atoms with E-state index in [2.05, 4.69) is 17.2 Å². The quantitative estimate of drug-likeness (QED) is 0.252. The van der Waals surface area contributed by atoms with Crippen LogP contribution in [0.4, 0.5) is 0 Å². The second-order valence-electron chi connectivity index (χ2n) is 4.59. The molecule has 0 amide bonds. The predicted octanol–water partition coefficient (Wildman–Crippen LogP) is 1.91. The van der Waals surface area contributed by atoms with Gasteiger partial charge in [-0.1, -0.05) is 39.0 Å². The van der Waals surface area contributed by atoms with Gasteiger partial charge in [0.25, 0.3) is 0 Å². The second-order valence-corrected chi connectivity index (χ2v) is 6.85. The molecule has 0 heterocycles. The van der Waals surface area contributed by atoms with Crippen molar-refractivity contribution in [1.29, 1.82) is 0 Å². The van der Waals surface area contributed by atoms with Crippen LogP contribution in [0.25, 0.3) is 0 Å². The summed E-state index contributed by atoms with van der Waals surface area (Å²) < 4.78 is 21.8. The van der Waals surface area contributed by atoms with Crippen molar-refractivity contribution in [2.24, 2.45) is 10.7 Å². The first-order valence-electron chi connectivity index (χ1n) is 6.67. The van der Waals surface area contributed by atoms with Crippen LogP contribution >= 0.6 is 24.0 Å². The predicted molar refractivity (Wildman–Crippen MR) is 93.0 cm³/mol. The van der Waals surface area contributed by atoms with E-state index in [1.165, 1.54) is 38.4 Å². The average Bonchev–Trinajstić information content (AvgIpc) is 2.26. The molecule has 0 aromatic carbocycles. The number of sulfone groups is 1. The van der Waals surface area contributed by atoms with Crippen molar-refractivity contribution in [3.63, 3.8) is 0 Å². The summed E-state index contributed by atoms with van der Waals surface area (Å²) >= 11 is 0. The number of rotatable bonds is 10. The molecular weight excluding hydrogens is 377 g/mol. The van der Waals surface area contributed by atoms with Gasteiger partial charge in [0.15, 0.2) is 5.96 Å². The zero-order valence-electron chi connectivity index (χ0n) is 12.0. The molecule has 0 aliphatic carbocycles. The monoisotopic (exact) mass is 405 g/mol. The van der Waals surface area contributed by atoms with Crippen LogP contribution in [0, 0.1) is 0 Å². The van der Waals surface area contributed by atoms with E-state index in [0.717, 1.165) is 6.42 Å². The highest BCUT2D eigenvalue weighted by molar-refractivity contribution is 14.0. The minimum atomic E-state index is -2.93. The Morgan fingerprint density at radius 2 is 1.74 bits per heavy atom. The van der Waals surface area contributed by atoms with Gasteiger partial charge in [-0.25, -0.2) is 8.42 Å². The number of unbranched alkanes of at least 4 members (excludes halogenated alkanes) is 5. The molecule has 0 bridgehead atoms. The summed E-state index contributed by atoms with van der Waals surface area (Å²) in [5.74, 6) is 0.424. The van der Waals surface area contributed by atoms with Crippen molar-refractivity contribution in [1.82, 2.24) is 5.32 Å². The number of hydrogen-bond acceptors (Lipinski definition) is 3. The van der Waals surface area contributed by atoms with Gasteiger partial charge in [0, 0.05) is 19.3 Å². The molecule has 0 aromatic rings. The lowest BCUT2D eigenvalue weighted by atomic mass is 10.1. The van der Waals surface area contributed by atoms with Crippen LogP contribution in [-0.4, -0.2) is 39.5 Å². The summed E-state index contributed by atoms with van der Waals surface area (Å²) in [4.78, 5) is 4.15. The smallest absolute Gasteiger partial charge is 0.188 e. The van der Waals surface area contributed by atoms with Gasteiger partial charge in [-0.05, 0) is 6.42 Å². The van der Waals surface area contributed by atoms with E-state index < -0.39 is 9.84 Å². The Labute approximate surface area is 134 Å². The number of nitrogens with zero attached hydrogens (tertiary/aromatic N) is 1. The van der Waals surface area contributed by atoms with Crippen molar-refractivity contribution >= 4 is 39.8 Å². The van der Waals surface area contributed by atoms with Crippen molar-refractivity contribution in [3.05, 3.63) is 0 Å². The zero-order valence-corrected chi connectivity index (χ0v) is 15.2. The lowest BCUT2D eigenvalue weighted by Gasteiger charge is -2.04. The second kappa shape index (κ2) is 13.0. The molecule has 0 radical (unpaired) electrons. The van der Waals surface area contributed by atoms with Gasteiger partial charge < -0.3 is 11.1 Å². The number of nitrogens with two attached hydrogens (primary N) is 1. The number of hydrogen-bond donors (Lipinski definition) is 2. The van der Waals surface area contributed by atoms with Crippen LogP contribution < -0.4 is 11.1 Å². The van der Waals surface area contributed by atoms with Gasteiger partial charge in [0.1, 0.15) is 9.84 Å². The Bertz CT molecular complexity index is 332. The molecule has 3 N–H and O–H groups in total. The van der Waals surface area contributed by atoms with E-state index in [1.807, 2.05) is 0 Å². The summed E-state index contributed by atoms with van der Waals surface area (Å²) in [7, 11) is -2.93. The molecule has 0 aromatic heterocycles. The van der Waals surface area contributed by atoms with E-state index in [4.69, 9.17) is 5.73 Å². The van der Waals surface area contributed by atoms with E-state index in [0.29, 0.717) is 19.0 Å². The molecule has 116 valence electrons. The molecule has 0 aliphatic rings. The first-order valence-corrected chi connectivity index (χ1v) is 8.73. The van der Waals surface area contributed by atoms with Crippen molar-refractivity contribution in [2.45, 2.75) is 45.4 Å². The van der Waals surface area contributed by atoms with Crippen LogP contribution in [0.1, 0.15) is 45.4 Å². The fourth-order valence-corrected chi connectivity index (χ4v) is 1.98. The summed E-state index contributed by atoms with van der Waals surface area (Å²) in [6.45, 7) is 3.24. The van der Waals surface area contributed by atoms with Gasteiger partial charge >= 0.3 is 0 Å². The summed E-state index contributed by atoms with van der Waals surface area (Å²) in [5, 5.41) is 2.80. The number of nitrogens with one attached hydrogen (secondary N) is 1. The normalized spacial score (nSPS) is 12.0. The van der Waals surface area contributed by atoms with Crippen LogP contribution in [0.15, 0.2) is 4.99 Å². The average molecular weight is 405 g/mol. The van der Waals surface area contributed by atoms with Gasteiger partial charge in [0.2, 0.25) is 0 Å². The van der Waals surface area contributed by atoms with Crippen molar-refractivity contribution < 1.29 is 8.42 Å². The SMILES string of the molecule is CCCCCCCCN=C(N)NCCS(C)(=O)=O.I. The first-order chi connectivity index (χ1) is 8.45. The highest BCUT2D eigenvalue weighted by atomic mass is 127. The Hall–Kier alpha value is -0.0500. The molecule has 0 atom stereocenters. The molecule has 7 heteroatoms. The molecule has 0 saturated heterocycles. The highest BCUT2D eigenvalue weighted by Gasteiger charge is 2.01. The lowest BCUT2D eigenvalue weighted by molar-refractivity contribution is 0.600. The third-order valence-electron chi connectivity index (χ3n) is 2.57. The lowest BCUT2D eigenvalue weighted by Crippen LogP contribution is -2.35. The summed E-state index contributed by atoms with van der Waals surface area (Å²) in [6, 6.07) is 0. The minimum absolute atomic E-state index is 0. The third-order valence-corrected chi connectivity index (χ3v) is 3.52. The van der Waals surface area contributed by atoms with Gasteiger partial charge in [-0.3, -0.25) is 4.99 Å². The maximum atomic E-state index is 10.9. The molecule has 0 aliphatic heterocycles. The Balaban J connectivity index is 0.